The molecule has 24 heavy (non-hydrogen) atoms. The molecule has 0 atom stereocenters. The van der Waals surface area contributed by atoms with Gasteiger partial charge >= 0.3 is 7.12 Å². The number of fused-ring (bicyclic) bond motifs is 6. The van der Waals surface area contributed by atoms with Gasteiger partial charge < -0.3 is 14.5 Å². The van der Waals surface area contributed by atoms with Crippen LogP contribution in [0.25, 0.3) is 43.5 Å². The Hall–Kier alpha value is -2.82. The number of furan rings is 1. The predicted octanol–water partition coefficient (Wildman–Crippen LogP) is 3.57. The van der Waals surface area contributed by atoms with Gasteiger partial charge in [-0.2, -0.15) is 0 Å². The molecule has 0 saturated carbocycles. The van der Waals surface area contributed by atoms with Crippen molar-refractivity contribution in [3.63, 3.8) is 0 Å². The van der Waals surface area contributed by atoms with Crippen LogP contribution in [-0.4, -0.2) is 17.2 Å². The molecular formula is C20H13BO3. The molecule has 4 aromatic carbocycles. The molecule has 4 heteroatoms. The van der Waals surface area contributed by atoms with Crippen LogP contribution < -0.4 is 5.46 Å². The number of hydrogen-bond acceptors (Lipinski definition) is 3. The fraction of sp³-hybridized carbons (Fsp3) is 0. The molecule has 1 heterocycles. The molecule has 2 N–H and O–H groups in total. The van der Waals surface area contributed by atoms with Gasteiger partial charge in [0.1, 0.15) is 11.2 Å². The van der Waals surface area contributed by atoms with E-state index in [0.29, 0.717) is 5.46 Å². The first kappa shape index (κ1) is 13.6. The molecule has 0 fully saturated rings. The maximum absolute atomic E-state index is 9.47. The van der Waals surface area contributed by atoms with Crippen molar-refractivity contribution in [2.45, 2.75) is 0 Å². The summed E-state index contributed by atoms with van der Waals surface area (Å²) in [7, 11) is -1.49. The Balaban J connectivity index is 1.98. The summed E-state index contributed by atoms with van der Waals surface area (Å²) in [5.41, 5.74) is 2.01. The minimum absolute atomic E-state index is 0.461. The first-order valence-corrected chi connectivity index (χ1v) is 7.84. The Morgan fingerprint density at radius 2 is 1.42 bits per heavy atom. The van der Waals surface area contributed by atoms with Crippen molar-refractivity contribution in [1.29, 1.82) is 0 Å². The zero-order chi connectivity index (χ0) is 16.3. The second-order valence-electron chi connectivity index (χ2n) is 6.09. The molecule has 5 aromatic rings. The third-order valence-corrected chi connectivity index (χ3v) is 4.64. The van der Waals surface area contributed by atoms with E-state index in [2.05, 4.69) is 30.3 Å². The van der Waals surface area contributed by atoms with Gasteiger partial charge in [-0.3, -0.25) is 0 Å². The van der Waals surface area contributed by atoms with Gasteiger partial charge in [0.15, 0.2) is 0 Å². The minimum atomic E-state index is -1.49. The normalized spacial score (nSPS) is 11.8. The summed E-state index contributed by atoms with van der Waals surface area (Å²) in [5.74, 6) is 0. The van der Waals surface area contributed by atoms with Crippen molar-refractivity contribution in [3.8, 4) is 0 Å². The van der Waals surface area contributed by atoms with E-state index in [0.717, 1.165) is 32.7 Å². The minimum Gasteiger partial charge on any atom is -0.456 e. The fourth-order valence-electron chi connectivity index (χ4n) is 3.47. The van der Waals surface area contributed by atoms with Crippen LogP contribution in [0.2, 0.25) is 0 Å². The molecule has 0 aliphatic rings. The average Bonchev–Trinajstić information content (AvgIpc) is 2.98. The van der Waals surface area contributed by atoms with Crippen LogP contribution >= 0.6 is 0 Å². The molecular weight excluding hydrogens is 299 g/mol. The van der Waals surface area contributed by atoms with E-state index in [-0.39, 0.29) is 0 Å². The Kier molecular flexibility index (Phi) is 2.74. The predicted molar refractivity (Wildman–Crippen MR) is 98.6 cm³/mol. The molecule has 5 rings (SSSR count). The average molecular weight is 312 g/mol. The van der Waals surface area contributed by atoms with Crippen molar-refractivity contribution < 1.29 is 14.5 Å². The maximum atomic E-state index is 9.47. The van der Waals surface area contributed by atoms with Crippen LogP contribution in [0.4, 0.5) is 0 Å². The summed E-state index contributed by atoms with van der Waals surface area (Å²) in [6.07, 6.45) is 0. The summed E-state index contributed by atoms with van der Waals surface area (Å²) < 4.78 is 5.94. The SMILES string of the molecule is OB(O)c1ccc2oc3ccc4cc5ccccc5cc4c3c2c1. The van der Waals surface area contributed by atoms with Gasteiger partial charge in [-0.1, -0.05) is 42.5 Å². The lowest BCUT2D eigenvalue weighted by atomic mass is 9.79. The topological polar surface area (TPSA) is 53.6 Å². The van der Waals surface area contributed by atoms with E-state index in [1.165, 1.54) is 10.8 Å². The third-order valence-electron chi connectivity index (χ3n) is 4.64. The third kappa shape index (κ3) is 1.87. The van der Waals surface area contributed by atoms with E-state index in [1.54, 1.807) is 18.2 Å². The van der Waals surface area contributed by atoms with E-state index >= 15 is 0 Å². The van der Waals surface area contributed by atoms with Crippen LogP contribution in [0, 0.1) is 0 Å². The lowest BCUT2D eigenvalue weighted by Gasteiger charge is -2.04. The number of benzene rings is 4. The molecule has 1 aromatic heterocycles. The largest absolute Gasteiger partial charge is 0.488 e. The summed E-state index contributed by atoms with van der Waals surface area (Å²) in [6, 6.07) is 21.9. The van der Waals surface area contributed by atoms with Gasteiger partial charge in [0.05, 0.1) is 0 Å². The molecule has 0 bridgehead atoms. The molecule has 0 aliphatic heterocycles. The van der Waals surface area contributed by atoms with Crippen LogP contribution in [0.1, 0.15) is 0 Å². The van der Waals surface area contributed by atoms with Crippen LogP contribution in [-0.2, 0) is 0 Å². The Labute approximate surface area is 137 Å². The number of hydrogen-bond donors (Lipinski definition) is 2. The summed E-state index contributed by atoms with van der Waals surface area (Å²) in [5, 5.41) is 25.5. The molecule has 3 nitrogen and oxygen atoms in total. The molecule has 0 spiro atoms. The molecule has 0 aliphatic carbocycles. The summed E-state index contributed by atoms with van der Waals surface area (Å²) in [6.45, 7) is 0. The van der Waals surface area contributed by atoms with Gasteiger partial charge in [0.2, 0.25) is 0 Å². The molecule has 114 valence electrons. The summed E-state index contributed by atoms with van der Waals surface area (Å²) in [4.78, 5) is 0. The second-order valence-corrected chi connectivity index (χ2v) is 6.09. The van der Waals surface area contributed by atoms with Gasteiger partial charge in [0.25, 0.3) is 0 Å². The van der Waals surface area contributed by atoms with Gasteiger partial charge in [0, 0.05) is 10.8 Å². The summed E-state index contributed by atoms with van der Waals surface area (Å²) >= 11 is 0. The highest BCUT2D eigenvalue weighted by atomic mass is 16.4. The number of rotatable bonds is 1. The van der Waals surface area contributed by atoms with E-state index in [4.69, 9.17) is 4.42 Å². The highest BCUT2D eigenvalue weighted by Crippen LogP contribution is 2.35. The van der Waals surface area contributed by atoms with Crippen LogP contribution in [0.3, 0.4) is 0 Å². The Morgan fingerprint density at radius 3 is 2.21 bits per heavy atom. The Morgan fingerprint density at radius 1 is 0.667 bits per heavy atom. The van der Waals surface area contributed by atoms with Gasteiger partial charge in [-0.25, -0.2) is 0 Å². The van der Waals surface area contributed by atoms with E-state index in [9.17, 15) is 10.0 Å². The van der Waals surface area contributed by atoms with Crippen molar-refractivity contribution in [1.82, 2.24) is 0 Å². The zero-order valence-corrected chi connectivity index (χ0v) is 12.7. The molecule has 0 amide bonds. The lowest BCUT2D eigenvalue weighted by molar-refractivity contribution is 0.426. The fourth-order valence-corrected chi connectivity index (χ4v) is 3.47. The molecule has 0 radical (unpaired) electrons. The Bertz CT molecular complexity index is 1240. The monoisotopic (exact) mass is 312 g/mol. The van der Waals surface area contributed by atoms with Crippen LogP contribution in [0.5, 0.6) is 0 Å². The lowest BCUT2D eigenvalue weighted by Crippen LogP contribution is -2.29. The zero-order valence-electron chi connectivity index (χ0n) is 12.7. The quantitative estimate of drug-likeness (QED) is 0.367. The first-order chi connectivity index (χ1) is 11.7. The smallest absolute Gasteiger partial charge is 0.456 e. The van der Waals surface area contributed by atoms with Gasteiger partial charge in [-0.05, 0) is 51.3 Å². The van der Waals surface area contributed by atoms with E-state index in [1.807, 2.05) is 18.2 Å². The van der Waals surface area contributed by atoms with Crippen molar-refractivity contribution >= 4 is 56.1 Å². The van der Waals surface area contributed by atoms with Crippen molar-refractivity contribution in [2.75, 3.05) is 0 Å². The highest BCUT2D eigenvalue weighted by Gasteiger charge is 2.16. The standard InChI is InChI=1S/C20H13BO3/c22-21(23)15-6-8-18-17(11-15)20-16-10-13-4-2-1-3-12(13)9-14(16)5-7-19(20)24-18/h1-11,22-23H. The van der Waals surface area contributed by atoms with Crippen molar-refractivity contribution in [3.05, 3.63) is 66.7 Å². The first-order valence-electron chi connectivity index (χ1n) is 7.84. The molecule has 0 saturated heterocycles. The van der Waals surface area contributed by atoms with Crippen LogP contribution in [0.15, 0.2) is 71.1 Å². The van der Waals surface area contributed by atoms with Crippen molar-refractivity contribution in [2.24, 2.45) is 0 Å². The molecule has 0 unspecified atom stereocenters. The highest BCUT2D eigenvalue weighted by molar-refractivity contribution is 6.59. The maximum Gasteiger partial charge on any atom is 0.488 e. The van der Waals surface area contributed by atoms with Gasteiger partial charge in [-0.15, -0.1) is 0 Å². The van der Waals surface area contributed by atoms with E-state index < -0.39 is 7.12 Å². The second kappa shape index (κ2) is 4.84.